The highest BCUT2D eigenvalue weighted by Crippen LogP contribution is 2.04. The van der Waals surface area contributed by atoms with Gasteiger partial charge in [-0.1, -0.05) is 13.3 Å². The van der Waals surface area contributed by atoms with Crippen molar-refractivity contribution in [3.63, 3.8) is 0 Å². The van der Waals surface area contributed by atoms with Crippen LogP contribution in [-0.2, 0) is 4.74 Å². The lowest BCUT2D eigenvalue weighted by atomic mass is 10.4. The highest BCUT2D eigenvalue weighted by molar-refractivity contribution is 5.84. The van der Waals surface area contributed by atoms with Gasteiger partial charge in [0.1, 0.15) is 6.61 Å². The molecule has 0 aliphatic carbocycles. The van der Waals surface area contributed by atoms with Gasteiger partial charge in [0.25, 0.3) is 0 Å². The summed E-state index contributed by atoms with van der Waals surface area (Å²) in [4.78, 5) is 18.1. The Morgan fingerprint density at radius 1 is 1.35 bits per heavy atom. The molecule has 6 nitrogen and oxygen atoms in total. The zero-order valence-electron chi connectivity index (χ0n) is 9.76. The number of hydrogen-bond acceptors (Lipinski definition) is 5. The predicted molar refractivity (Wildman–Crippen MR) is 60.2 cm³/mol. The average Bonchev–Trinajstić information content (AvgIpc) is 2.34. The maximum atomic E-state index is 10.6. The Morgan fingerprint density at radius 3 is 2.88 bits per heavy atom. The van der Waals surface area contributed by atoms with Crippen LogP contribution < -0.4 is 4.74 Å². The molecule has 0 aliphatic rings. The standard InChI is InChI=1S/C11H16N2O4/c1-2-3-4-16-5-6-17-10-8-12-7-9(13-10)11(14)15/h7-8H,2-6H2,1H3,(H,14,15). The molecule has 1 heterocycles. The zero-order chi connectivity index (χ0) is 12.5. The summed E-state index contributed by atoms with van der Waals surface area (Å²) in [5.41, 5.74) is -0.130. The van der Waals surface area contributed by atoms with Gasteiger partial charge >= 0.3 is 5.97 Å². The molecule has 1 rings (SSSR count). The van der Waals surface area contributed by atoms with E-state index in [1.54, 1.807) is 0 Å². The Hall–Kier alpha value is -1.69. The first kappa shape index (κ1) is 13.4. The number of aromatic nitrogens is 2. The minimum absolute atomic E-state index is 0.130. The molecule has 94 valence electrons. The molecule has 1 N–H and O–H groups in total. The van der Waals surface area contributed by atoms with Crippen LogP contribution in [0.2, 0.25) is 0 Å². The number of rotatable bonds is 8. The molecule has 0 unspecified atom stereocenters. The molecular weight excluding hydrogens is 224 g/mol. The summed E-state index contributed by atoms with van der Waals surface area (Å²) in [6.45, 7) is 3.59. The van der Waals surface area contributed by atoms with E-state index in [0.717, 1.165) is 12.8 Å². The van der Waals surface area contributed by atoms with Gasteiger partial charge in [-0.15, -0.1) is 0 Å². The molecule has 0 aromatic carbocycles. The van der Waals surface area contributed by atoms with Crippen molar-refractivity contribution in [2.45, 2.75) is 19.8 Å². The van der Waals surface area contributed by atoms with E-state index in [4.69, 9.17) is 14.6 Å². The summed E-state index contributed by atoms with van der Waals surface area (Å²) in [6.07, 6.45) is 4.66. The van der Waals surface area contributed by atoms with Crippen LogP contribution >= 0.6 is 0 Å². The Balaban J connectivity index is 2.27. The monoisotopic (exact) mass is 240 g/mol. The molecule has 0 spiro atoms. The van der Waals surface area contributed by atoms with Crippen LogP contribution in [0.3, 0.4) is 0 Å². The van der Waals surface area contributed by atoms with Gasteiger partial charge in [0.15, 0.2) is 5.69 Å². The van der Waals surface area contributed by atoms with E-state index >= 15 is 0 Å². The Kier molecular flexibility index (Phi) is 5.95. The van der Waals surface area contributed by atoms with Crippen molar-refractivity contribution in [2.75, 3.05) is 19.8 Å². The molecule has 0 radical (unpaired) electrons. The molecule has 6 heteroatoms. The van der Waals surface area contributed by atoms with Crippen molar-refractivity contribution in [2.24, 2.45) is 0 Å². The van der Waals surface area contributed by atoms with Gasteiger partial charge in [-0.2, -0.15) is 0 Å². The van der Waals surface area contributed by atoms with E-state index in [-0.39, 0.29) is 11.6 Å². The fourth-order valence-electron chi connectivity index (χ4n) is 1.07. The van der Waals surface area contributed by atoms with Crippen LogP contribution in [0.5, 0.6) is 5.88 Å². The molecule has 0 bridgehead atoms. The van der Waals surface area contributed by atoms with Crippen LogP contribution in [-0.4, -0.2) is 40.9 Å². The average molecular weight is 240 g/mol. The van der Waals surface area contributed by atoms with Crippen molar-refractivity contribution in [3.8, 4) is 5.88 Å². The second-order valence-electron chi connectivity index (χ2n) is 3.36. The van der Waals surface area contributed by atoms with Gasteiger partial charge in [0.2, 0.25) is 5.88 Å². The highest BCUT2D eigenvalue weighted by Gasteiger charge is 2.06. The van der Waals surface area contributed by atoms with Crippen molar-refractivity contribution < 1.29 is 19.4 Å². The van der Waals surface area contributed by atoms with E-state index in [1.165, 1.54) is 12.4 Å². The number of nitrogens with zero attached hydrogens (tertiary/aromatic N) is 2. The first-order chi connectivity index (χ1) is 8.24. The van der Waals surface area contributed by atoms with Crippen LogP contribution in [0.25, 0.3) is 0 Å². The number of carbonyl (C=O) groups is 1. The highest BCUT2D eigenvalue weighted by atomic mass is 16.5. The third kappa shape index (κ3) is 5.26. The minimum atomic E-state index is -1.12. The first-order valence-corrected chi connectivity index (χ1v) is 5.50. The van der Waals surface area contributed by atoms with Gasteiger partial charge in [-0.05, 0) is 6.42 Å². The number of unbranched alkanes of at least 4 members (excludes halogenated alkanes) is 1. The number of aromatic carboxylic acids is 1. The van der Waals surface area contributed by atoms with Gasteiger partial charge in [-0.25, -0.2) is 9.78 Å². The second-order valence-corrected chi connectivity index (χ2v) is 3.36. The smallest absolute Gasteiger partial charge is 0.356 e. The van der Waals surface area contributed by atoms with Gasteiger partial charge < -0.3 is 14.6 Å². The van der Waals surface area contributed by atoms with Crippen molar-refractivity contribution in [1.82, 2.24) is 9.97 Å². The topological polar surface area (TPSA) is 81.5 Å². The lowest BCUT2D eigenvalue weighted by molar-refractivity contribution is 0.0687. The van der Waals surface area contributed by atoms with Crippen molar-refractivity contribution in [1.29, 1.82) is 0 Å². The second kappa shape index (κ2) is 7.56. The molecule has 0 saturated heterocycles. The lowest BCUT2D eigenvalue weighted by Crippen LogP contribution is -2.10. The number of carboxylic acids is 1. The Morgan fingerprint density at radius 2 is 2.18 bits per heavy atom. The molecule has 1 aromatic rings. The molecule has 0 atom stereocenters. The lowest BCUT2D eigenvalue weighted by Gasteiger charge is -2.05. The fourth-order valence-corrected chi connectivity index (χ4v) is 1.07. The van der Waals surface area contributed by atoms with Crippen molar-refractivity contribution in [3.05, 3.63) is 18.1 Å². The van der Waals surface area contributed by atoms with Gasteiger partial charge in [-0.3, -0.25) is 4.98 Å². The Bertz CT molecular complexity index is 357. The predicted octanol–water partition coefficient (Wildman–Crippen LogP) is 1.37. The summed E-state index contributed by atoms with van der Waals surface area (Å²) in [5, 5.41) is 8.70. The third-order valence-electron chi connectivity index (χ3n) is 1.95. The number of ether oxygens (including phenoxy) is 2. The maximum Gasteiger partial charge on any atom is 0.356 e. The molecule has 17 heavy (non-hydrogen) atoms. The van der Waals surface area contributed by atoms with Crippen LogP contribution in [0.15, 0.2) is 12.4 Å². The van der Waals surface area contributed by atoms with E-state index in [2.05, 4.69) is 16.9 Å². The van der Waals surface area contributed by atoms with Crippen LogP contribution in [0, 0.1) is 0 Å². The van der Waals surface area contributed by atoms with E-state index in [9.17, 15) is 4.79 Å². The van der Waals surface area contributed by atoms with Crippen LogP contribution in [0.1, 0.15) is 30.3 Å². The van der Waals surface area contributed by atoms with E-state index in [1.807, 2.05) is 0 Å². The molecule has 0 amide bonds. The first-order valence-electron chi connectivity index (χ1n) is 5.50. The zero-order valence-corrected chi connectivity index (χ0v) is 9.76. The quantitative estimate of drug-likeness (QED) is 0.691. The van der Waals surface area contributed by atoms with E-state index < -0.39 is 5.97 Å². The van der Waals surface area contributed by atoms with E-state index in [0.29, 0.717) is 19.8 Å². The fraction of sp³-hybridized carbons (Fsp3) is 0.545. The number of carboxylic acid groups (broad SMARTS) is 1. The Labute approximate surface area is 99.6 Å². The third-order valence-corrected chi connectivity index (χ3v) is 1.95. The maximum absolute atomic E-state index is 10.6. The van der Waals surface area contributed by atoms with Crippen LogP contribution in [0.4, 0.5) is 0 Å². The summed E-state index contributed by atoms with van der Waals surface area (Å²) < 4.78 is 10.5. The molecule has 0 aliphatic heterocycles. The SMILES string of the molecule is CCCCOCCOc1cncc(C(=O)O)n1. The summed E-state index contributed by atoms with van der Waals surface area (Å²) in [7, 11) is 0. The molecule has 0 saturated carbocycles. The normalized spacial score (nSPS) is 10.2. The minimum Gasteiger partial charge on any atom is -0.476 e. The largest absolute Gasteiger partial charge is 0.476 e. The molecule has 1 aromatic heterocycles. The van der Waals surface area contributed by atoms with Gasteiger partial charge in [0, 0.05) is 6.61 Å². The summed E-state index contributed by atoms with van der Waals surface area (Å²) in [5.74, 6) is -0.925. The van der Waals surface area contributed by atoms with Gasteiger partial charge in [0.05, 0.1) is 19.0 Å². The molecular formula is C11H16N2O4. The molecule has 0 fully saturated rings. The summed E-state index contributed by atoms with van der Waals surface area (Å²) in [6, 6.07) is 0. The number of hydrogen-bond donors (Lipinski definition) is 1. The summed E-state index contributed by atoms with van der Waals surface area (Å²) >= 11 is 0. The van der Waals surface area contributed by atoms with Crippen molar-refractivity contribution >= 4 is 5.97 Å².